The van der Waals surface area contributed by atoms with E-state index in [1.54, 1.807) is 12.1 Å². The van der Waals surface area contributed by atoms with E-state index in [4.69, 9.17) is 22.5 Å². The molecule has 0 aliphatic rings. The number of sulfonamides is 1. The van der Waals surface area contributed by atoms with Gasteiger partial charge in [0.1, 0.15) is 10.7 Å². The normalized spacial score (nSPS) is 12.6. The van der Waals surface area contributed by atoms with E-state index in [-0.39, 0.29) is 22.3 Å². The molecule has 0 atom stereocenters. The maximum absolute atomic E-state index is 11.9. The highest BCUT2D eigenvalue weighted by atomic mass is 35.5. The van der Waals surface area contributed by atoms with Gasteiger partial charge in [-0.25, -0.2) is 13.1 Å². The lowest BCUT2D eigenvalue weighted by molar-refractivity contribution is 0.316. The molecular formula is C11H16ClN3O3S. The molecule has 8 heteroatoms. The molecule has 106 valence electrons. The first-order valence-corrected chi connectivity index (χ1v) is 7.54. The van der Waals surface area contributed by atoms with E-state index in [0.29, 0.717) is 19.3 Å². The number of hydrogen-bond acceptors (Lipinski definition) is 4. The van der Waals surface area contributed by atoms with Crippen LogP contribution in [0.3, 0.4) is 0 Å². The van der Waals surface area contributed by atoms with E-state index < -0.39 is 10.0 Å². The second-order valence-electron chi connectivity index (χ2n) is 3.88. The molecule has 0 aliphatic carbocycles. The summed E-state index contributed by atoms with van der Waals surface area (Å²) in [4.78, 5) is 0.0631. The minimum atomic E-state index is -3.59. The number of benzene rings is 1. The van der Waals surface area contributed by atoms with Crippen molar-refractivity contribution in [2.24, 2.45) is 10.9 Å². The van der Waals surface area contributed by atoms with Crippen LogP contribution in [-0.4, -0.2) is 26.0 Å². The summed E-state index contributed by atoms with van der Waals surface area (Å²) >= 11 is 5.83. The van der Waals surface area contributed by atoms with Crippen molar-refractivity contribution in [3.05, 3.63) is 29.3 Å². The molecule has 4 N–H and O–H groups in total. The minimum Gasteiger partial charge on any atom is -0.409 e. The maximum Gasteiger partial charge on any atom is 0.242 e. The van der Waals surface area contributed by atoms with E-state index in [1.807, 2.05) is 0 Å². The molecule has 0 amide bonds. The van der Waals surface area contributed by atoms with Crippen molar-refractivity contribution in [1.82, 2.24) is 4.72 Å². The van der Waals surface area contributed by atoms with Gasteiger partial charge in [-0.05, 0) is 25.0 Å². The Morgan fingerprint density at radius 3 is 2.68 bits per heavy atom. The molecular weight excluding hydrogens is 290 g/mol. The zero-order valence-corrected chi connectivity index (χ0v) is 11.8. The zero-order chi connectivity index (χ0) is 14.3. The lowest BCUT2D eigenvalue weighted by Gasteiger charge is -2.07. The molecule has 0 spiro atoms. The van der Waals surface area contributed by atoms with Crippen molar-refractivity contribution in [2.45, 2.75) is 24.2 Å². The standard InChI is InChI=1S/C11H16ClN3O3S/c12-9-5-1-2-6-10(9)19(17,18)14-8-4-3-7-11(13)15-16/h1-2,5-6,14,16H,3-4,7-8H2,(H2,13,15). The summed E-state index contributed by atoms with van der Waals surface area (Å²) in [5.74, 6) is 0.133. The first-order chi connectivity index (χ1) is 8.97. The van der Waals surface area contributed by atoms with Crippen molar-refractivity contribution < 1.29 is 13.6 Å². The molecule has 0 radical (unpaired) electrons. The predicted molar refractivity (Wildman–Crippen MR) is 73.9 cm³/mol. The van der Waals surface area contributed by atoms with Crippen LogP contribution in [0.2, 0.25) is 5.02 Å². The van der Waals surface area contributed by atoms with E-state index in [9.17, 15) is 8.42 Å². The number of hydrogen-bond donors (Lipinski definition) is 3. The quantitative estimate of drug-likeness (QED) is 0.233. The fourth-order valence-electron chi connectivity index (χ4n) is 1.43. The molecule has 0 aliphatic heterocycles. The fraction of sp³-hybridized carbons (Fsp3) is 0.364. The third-order valence-corrected chi connectivity index (χ3v) is 4.37. The van der Waals surface area contributed by atoms with Crippen LogP contribution in [0.1, 0.15) is 19.3 Å². The Hall–Kier alpha value is -1.31. The lowest BCUT2D eigenvalue weighted by atomic mass is 10.2. The van der Waals surface area contributed by atoms with Crippen LogP contribution in [0.15, 0.2) is 34.3 Å². The van der Waals surface area contributed by atoms with Crippen LogP contribution in [0.25, 0.3) is 0 Å². The number of nitrogens with one attached hydrogen (secondary N) is 1. The van der Waals surface area contributed by atoms with Gasteiger partial charge in [-0.3, -0.25) is 0 Å². The summed E-state index contributed by atoms with van der Waals surface area (Å²) in [6.45, 7) is 0.270. The second kappa shape index (κ2) is 7.32. The van der Waals surface area contributed by atoms with Gasteiger partial charge in [-0.2, -0.15) is 0 Å². The number of halogens is 1. The average Bonchev–Trinajstić information content (AvgIpc) is 2.38. The van der Waals surface area contributed by atoms with Gasteiger partial charge in [-0.1, -0.05) is 28.9 Å². The highest BCUT2D eigenvalue weighted by molar-refractivity contribution is 7.89. The van der Waals surface area contributed by atoms with Crippen LogP contribution in [-0.2, 0) is 10.0 Å². The van der Waals surface area contributed by atoms with Crippen molar-refractivity contribution in [3.63, 3.8) is 0 Å². The molecule has 0 aromatic heterocycles. The lowest BCUT2D eigenvalue weighted by Crippen LogP contribution is -2.25. The number of rotatable bonds is 7. The van der Waals surface area contributed by atoms with Gasteiger partial charge in [0, 0.05) is 13.0 Å². The average molecular weight is 306 g/mol. The number of nitrogens with two attached hydrogens (primary N) is 1. The molecule has 6 nitrogen and oxygen atoms in total. The molecule has 0 unspecified atom stereocenters. The summed E-state index contributed by atoms with van der Waals surface area (Å²) in [6.07, 6.45) is 1.63. The van der Waals surface area contributed by atoms with E-state index >= 15 is 0 Å². The molecule has 1 rings (SSSR count). The Morgan fingerprint density at radius 1 is 1.37 bits per heavy atom. The van der Waals surface area contributed by atoms with Gasteiger partial charge in [0.25, 0.3) is 0 Å². The number of nitrogens with zero attached hydrogens (tertiary/aromatic N) is 1. The molecule has 1 aromatic rings. The van der Waals surface area contributed by atoms with Gasteiger partial charge in [-0.15, -0.1) is 0 Å². The van der Waals surface area contributed by atoms with Gasteiger partial charge < -0.3 is 10.9 Å². The second-order valence-corrected chi connectivity index (χ2v) is 6.02. The van der Waals surface area contributed by atoms with Gasteiger partial charge in [0.15, 0.2) is 0 Å². The summed E-state index contributed by atoms with van der Waals surface area (Å²) in [5, 5.41) is 11.4. The molecule has 0 bridgehead atoms. The number of amidine groups is 1. The van der Waals surface area contributed by atoms with Crippen molar-refractivity contribution in [2.75, 3.05) is 6.54 Å². The van der Waals surface area contributed by atoms with Crippen LogP contribution in [0, 0.1) is 0 Å². The van der Waals surface area contributed by atoms with Gasteiger partial charge >= 0.3 is 0 Å². The third-order valence-electron chi connectivity index (χ3n) is 2.41. The highest BCUT2D eigenvalue weighted by Crippen LogP contribution is 2.19. The van der Waals surface area contributed by atoms with Crippen LogP contribution in [0.4, 0.5) is 0 Å². The van der Waals surface area contributed by atoms with E-state index in [2.05, 4.69) is 9.88 Å². The molecule has 19 heavy (non-hydrogen) atoms. The summed E-state index contributed by atoms with van der Waals surface area (Å²) in [5.41, 5.74) is 5.30. The van der Waals surface area contributed by atoms with Gasteiger partial charge in [0.2, 0.25) is 10.0 Å². The number of oxime groups is 1. The third kappa shape index (κ3) is 5.06. The Balaban J connectivity index is 2.47. The van der Waals surface area contributed by atoms with Crippen molar-refractivity contribution >= 4 is 27.5 Å². The van der Waals surface area contributed by atoms with Crippen LogP contribution >= 0.6 is 11.6 Å². The number of unbranched alkanes of at least 4 members (excludes halogenated alkanes) is 1. The smallest absolute Gasteiger partial charge is 0.242 e. The van der Waals surface area contributed by atoms with E-state index in [0.717, 1.165) is 0 Å². The Labute approximate surface area is 117 Å². The van der Waals surface area contributed by atoms with Crippen molar-refractivity contribution in [1.29, 1.82) is 0 Å². The fourth-order valence-corrected chi connectivity index (χ4v) is 3.02. The minimum absolute atomic E-state index is 0.0631. The Kier molecular flexibility index (Phi) is 6.07. The Bertz CT molecular complexity index is 546. The van der Waals surface area contributed by atoms with Crippen LogP contribution < -0.4 is 10.5 Å². The van der Waals surface area contributed by atoms with Crippen LogP contribution in [0.5, 0.6) is 0 Å². The zero-order valence-electron chi connectivity index (χ0n) is 10.2. The summed E-state index contributed by atoms with van der Waals surface area (Å²) < 4.78 is 26.3. The highest BCUT2D eigenvalue weighted by Gasteiger charge is 2.16. The van der Waals surface area contributed by atoms with Crippen molar-refractivity contribution in [3.8, 4) is 0 Å². The first-order valence-electron chi connectivity index (χ1n) is 5.68. The predicted octanol–water partition coefficient (Wildman–Crippen LogP) is 1.53. The molecule has 0 heterocycles. The summed E-state index contributed by atoms with van der Waals surface area (Å²) in [7, 11) is -3.59. The molecule has 1 aromatic carbocycles. The maximum atomic E-state index is 11.9. The monoisotopic (exact) mass is 305 g/mol. The topological polar surface area (TPSA) is 105 Å². The van der Waals surface area contributed by atoms with Gasteiger partial charge in [0.05, 0.1) is 5.02 Å². The first kappa shape index (κ1) is 15.7. The largest absolute Gasteiger partial charge is 0.409 e. The molecule has 0 saturated carbocycles. The molecule has 0 fully saturated rings. The van der Waals surface area contributed by atoms with E-state index in [1.165, 1.54) is 12.1 Å². The Morgan fingerprint density at radius 2 is 2.05 bits per heavy atom. The summed E-state index contributed by atoms with van der Waals surface area (Å²) in [6, 6.07) is 6.24. The molecule has 0 saturated heterocycles. The SMILES string of the molecule is NC(CCCCNS(=O)(=O)c1ccccc1Cl)=NO.